The molecule has 0 unspecified atom stereocenters. The molecule has 1 radical (unpaired) electrons. The van der Waals surface area contributed by atoms with Crippen LogP contribution in [0.4, 0.5) is 5.69 Å². The topological polar surface area (TPSA) is 37.4 Å². The molecule has 2 aromatic carbocycles. The Balaban J connectivity index is 2.12. The van der Waals surface area contributed by atoms with Gasteiger partial charge in [0.05, 0.1) is 26.9 Å². The molecule has 0 aromatic heterocycles. The van der Waals surface area contributed by atoms with Gasteiger partial charge in [-0.15, -0.1) is 0 Å². The van der Waals surface area contributed by atoms with E-state index in [1.54, 1.807) is 24.3 Å². The molecule has 3 rings (SSSR count). The van der Waals surface area contributed by atoms with Crippen LogP contribution >= 0.6 is 23.2 Å². The predicted octanol–water partition coefficient (Wildman–Crippen LogP) is 3.98. The van der Waals surface area contributed by atoms with Crippen LogP contribution in [0.25, 0.3) is 0 Å². The van der Waals surface area contributed by atoms with Crippen LogP contribution in [-0.4, -0.2) is 11.8 Å². The van der Waals surface area contributed by atoms with Crippen LogP contribution in [0.1, 0.15) is 26.3 Å². The minimum atomic E-state index is -0.402. The summed E-state index contributed by atoms with van der Waals surface area (Å²) in [5.41, 5.74) is 1.83. The molecule has 0 atom stereocenters. The van der Waals surface area contributed by atoms with Gasteiger partial charge in [0.15, 0.2) is 0 Å². The summed E-state index contributed by atoms with van der Waals surface area (Å²) in [7, 11) is 0. The first-order valence-electron chi connectivity index (χ1n) is 5.79. The molecule has 0 N–H and O–H groups in total. The summed E-state index contributed by atoms with van der Waals surface area (Å²) in [5.74, 6) is -0.805. The van der Waals surface area contributed by atoms with Crippen LogP contribution in [0.3, 0.4) is 0 Å². The lowest BCUT2D eigenvalue weighted by Crippen LogP contribution is -2.29. The quantitative estimate of drug-likeness (QED) is 0.747. The Bertz CT molecular complexity index is 697. The lowest BCUT2D eigenvalue weighted by Gasteiger charge is -2.13. The van der Waals surface area contributed by atoms with Gasteiger partial charge >= 0.3 is 0 Å². The molecule has 0 saturated carbocycles. The molecule has 0 bridgehead atoms. The van der Waals surface area contributed by atoms with Crippen LogP contribution in [0.5, 0.6) is 0 Å². The molecule has 0 saturated heterocycles. The van der Waals surface area contributed by atoms with Crippen molar-refractivity contribution < 1.29 is 9.59 Å². The molecule has 3 nitrogen and oxygen atoms in total. The Morgan fingerprint density at radius 1 is 0.850 bits per heavy atom. The number of anilines is 1. The van der Waals surface area contributed by atoms with E-state index in [1.165, 1.54) is 12.1 Å². The number of amides is 2. The largest absolute Gasteiger partial charge is 0.268 e. The monoisotopic (exact) mass is 304 g/mol. The number of rotatable bonds is 1. The SMILES string of the molecule is [CH2]c1ccc(N2C(=O)c3cc(Cl)c(Cl)cc3C2=O)cc1. The zero-order chi connectivity index (χ0) is 14.4. The Kier molecular flexibility index (Phi) is 3.04. The van der Waals surface area contributed by atoms with Gasteiger partial charge < -0.3 is 0 Å². The molecule has 20 heavy (non-hydrogen) atoms. The summed E-state index contributed by atoms with van der Waals surface area (Å²) in [5, 5.41) is 0.503. The van der Waals surface area contributed by atoms with Gasteiger partial charge in [-0.1, -0.05) is 35.3 Å². The highest BCUT2D eigenvalue weighted by atomic mass is 35.5. The molecule has 5 heteroatoms. The van der Waals surface area contributed by atoms with E-state index in [1.807, 2.05) is 0 Å². The summed E-state index contributed by atoms with van der Waals surface area (Å²) >= 11 is 11.8. The summed E-state index contributed by atoms with van der Waals surface area (Å²) in [6.45, 7) is 3.77. The highest BCUT2D eigenvalue weighted by molar-refractivity contribution is 6.44. The predicted molar refractivity (Wildman–Crippen MR) is 78.5 cm³/mol. The fraction of sp³-hybridized carbons (Fsp3) is 0. The first kappa shape index (κ1) is 13.2. The Morgan fingerprint density at radius 2 is 1.30 bits per heavy atom. The van der Waals surface area contributed by atoms with Gasteiger partial charge in [-0.3, -0.25) is 9.59 Å². The first-order chi connectivity index (χ1) is 9.49. The maximum absolute atomic E-state index is 12.3. The molecule has 0 aliphatic carbocycles. The van der Waals surface area contributed by atoms with E-state index in [0.29, 0.717) is 5.69 Å². The molecule has 0 spiro atoms. The number of imide groups is 1. The second-order valence-electron chi connectivity index (χ2n) is 4.42. The maximum Gasteiger partial charge on any atom is 0.266 e. The molecule has 99 valence electrons. The van der Waals surface area contributed by atoms with Crippen molar-refractivity contribution in [3.8, 4) is 0 Å². The maximum atomic E-state index is 12.3. The van der Waals surface area contributed by atoms with Crippen molar-refractivity contribution >= 4 is 40.7 Å². The van der Waals surface area contributed by atoms with Gasteiger partial charge in [0.2, 0.25) is 0 Å². The number of carbonyl (C=O) groups excluding carboxylic acids is 2. The standard InChI is InChI=1S/C15H8Cl2NO2/c1-8-2-4-9(5-3-8)18-14(19)10-6-12(16)13(17)7-11(10)15(18)20/h2-7H,1H2. The zero-order valence-corrected chi connectivity index (χ0v) is 11.7. The van der Waals surface area contributed by atoms with Crippen molar-refractivity contribution in [2.24, 2.45) is 0 Å². The highest BCUT2D eigenvalue weighted by Gasteiger charge is 2.37. The smallest absolute Gasteiger partial charge is 0.266 e. The number of carbonyl (C=O) groups is 2. The van der Waals surface area contributed by atoms with Gasteiger partial charge in [0.1, 0.15) is 0 Å². The van der Waals surface area contributed by atoms with Gasteiger partial charge in [-0.05, 0) is 36.8 Å². The van der Waals surface area contributed by atoms with E-state index in [9.17, 15) is 9.59 Å². The molecule has 2 amide bonds. The second-order valence-corrected chi connectivity index (χ2v) is 5.24. The molecular weight excluding hydrogens is 297 g/mol. The number of hydrogen-bond acceptors (Lipinski definition) is 2. The third kappa shape index (κ3) is 1.90. The molecule has 1 heterocycles. The van der Waals surface area contributed by atoms with E-state index < -0.39 is 11.8 Å². The van der Waals surface area contributed by atoms with Crippen molar-refractivity contribution in [1.82, 2.24) is 0 Å². The van der Waals surface area contributed by atoms with Crippen molar-refractivity contribution in [1.29, 1.82) is 0 Å². The van der Waals surface area contributed by atoms with E-state index in [-0.39, 0.29) is 21.2 Å². The van der Waals surface area contributed by atoms with Crippen LogP contribution in [0.15, 0.2) is 36.4 Å². The van der Waals surface area contributed by atoms with Crippen molar-refractivity contribution in [3.63, 3.8) is 0 Å². The van der Waals surface area contributed by atoms with Crippen LogP contribution in [-0.2, 0) is 0 Å². The van der Waals surface area contributed by atoms with Gasteiger partial charge in [-0.2, -0.15) is 0 Å². The zero-order valence-electron chi connectivity index (χ0n) is 10.2. The van der Waals surface area contributed by atoms with E-state index in [0.717, 1.165) is 10.5 Å². The minimum absolute atomic E-state index is 0.251. The molecular formula is C15H8Cl2NO2. The molecule has 1 aliphatic heterocycles. The summed E-state index contributed by atoms with van der Waals surface area (Å²) in [6, 6.07) is 9.67. The summed E-state index contributed by atoms with van der Waals surface area (Å²) in [6.07, 6.45) is 0. The van der Waals surface area contributed by atoms with Gasteiger partial charge in [-0.25, -0.2) is 4.90 Å². The van der Waals surface area contributed by atoms with Crippen LogP contribution < -0.4 is 4.90 Å². The van der Waals surface area contributed by atoms with Crippen LogP contribution in [0, 0.1) is 6.92 Å². The van der Waals surface area contributed by atoms with E-state index in [2.05, 4.69) is 6.92 Å². The lowest BCUT2D eigenvalue weighted by molar-refractivity contribution is 0.0926. The highest BCUT2D eigenvalue weighted by Crippen LogP contribution is 2.33. The number of benzene rings is 2. The first-order valence-corrected chi connectivity index (χ1v) is 6.54. The molecule has 0 fully saturated rings. The van der Waals surface area contributed by atoms with E-state index in [4.69, 9.17) is 23.2 Å². The fourth-order valence-electron chi connectivity index (χ4n) is 2.11. The molecule has 2 aromatic rings. The number of hydrogen-bond donors (Lipinski definition) is 0. The Hall–Kier alpha value is -1.84. The van der Waals surface area contributed by atoms with E-state index >= 15 is 0 Å². The fourth-order valence-corrected chi connectivity index (χ4v) is 2.44. The summed E-state index contributed by atoms with van der Waals surface area (Å²) in [4.78, 5) is 25.8. The Morgan fingerprint density at radius 3 is 1.75 bits per heavy atom. The number of nitrogens with zero attached hydrogens (tertiary/aromatic N) is 1. The Labute approximate surface area is 125 Å². The van der Waals surface area contributed by atoms with Gasteiger partial charge in [0, 0.05) is 0 Å². The minimum Gasteiger partial charge on any atom is -0.268 e. The summed E-state index contributed by atoms with van der Waals surface area (Å²) < 4.78 is 0. The average molecular weight is 305 g/mol. The lowest BCUT2D eigenvalue weighted by atomic mass is 10.1. The number of halogens is 2. The molecule has 1 aliphatic rings. The van der Waals surface area contributed by atoms with Crippen molar-refractivity contribution in [2.45, 2.75) is 0 Å². The van der Waals surface area contributed by atoms with Crippen LogP contribution in [0.2, 0.25) is 10.0 Å². The normalized spacial score (nSPS) is 13.8. The number of fused-ring (bicyclic) bond motifs is 1. The second kappa shape index (κ2) is 4.62. The van der Waals surface area contributed by atoms with Crippen molar-refractivity contribution in [2.75, 3.05) is 4.90 Å². The van der Waals surface area contributed by atoms with Gasteiger partial charge in [0.25, 0.3) is 11.8 Å². The third-order valence-corrected chi connectivity index (χ3v) is 3.84. The third-order valence-electron chi connectivity index (χ3n) is 3.12. The van der Waals surface area contributed by atoms with Crippen molar-refractivity contribution in [3.05, 3.63) is 70.1 Å². The average Bonchev–Trinajstić information content (AvgIpc) is 2.65.